The lowest BCUT2D eigenvalue weighted by molar-refractivity contribution is -0.304. The minimum atomic E-state index is -1.48. The van der Waals surface area contributed by atoms with Gasteiger partial charge in [0.05, 0.1) is 25.1 Å². The zero-order chi connectivity index (χ0) is 18.0. The van der Waals surface area contributed by atoms with Gasteiger partial charge in [0, 0.05) is 5.69 Å². The monoisotopic (exact) mass is 352 g/mol. The van der Waals surface area contributed by atoms with E-state index in [0.717, 1.165) is 5.69 Å². The van der Waals surface area contributed by atoms with E-state index >= 15 is 0 Å². The summed E-state index contributed by atoms with van der Waals surface area (Å²) in [6, 6.07) is 7.04. The van der Waals surface area contributed by atoms with E-state index in [1.165, 1.54) is 4.68 Å². The topological polar surface area (TPSA) is 156 Å². The molecule has 0 aliphatic carbocycles. The van der Waals surface area contributed by atoms with Crippen molar-refractivity contribution in [3.8, 4) is 5.69 Å². The summed E-state index contributed by atoms with van der Waals surface area (Å²) < 4.78 is 12.2. The second-order valence-electron chi connectivity index (χ2n) is 5.75. The van der Waals surface area contributed by atoms with Crippen LogP contribution in [0.4, 0.5) is 5.69 Å². The quantitative estimate of drug-likeness (QED) is 0.390. The van der Waals surface area contributed by atoms with Gasteiger partial charge >= 0.3 is 0 Å². The van der Waals surface area contributed by atoms with Crippen molar-refractivity contribution in [1.82, 2.24) is 15.0 Å². The molecule has 1 aliphatic heterocycles. The Labute approximate surface area is 143 Å². The van der Waals surface area contributed by atoms with Crippen molar-refractivity contribution >= 4 is 5.69 Å². The fraction of sp³-hybridized carbons (Fsp3) is 0.467. The van der Waals surface area contributed by atoms with Gasteiger partial charge in [-0.15, -0.1) is 5.10 Å². The van der Waals surface area contributed by atoms with Crippen LogP contribution in [0.1, 0.15) is 5.69 Å². The lowest BCUT2D eigenvalue weighted by Gasteiger charge is -2.39. The largest absolute Gasteiger partial charge is 0.399 e. The third-order valence-electron chi connectivity index (χ3n) is 3.94. The molecule has 1 aromatic heterocycles. The predicted octanol–water partition coefficient (Wildman–Crippen LogP) is -1.83. The summed E-state index contributed by atoms with van der Waals surface area (Å²) in [5, 5.41) is 46.4. The van der Waals surface area contributed by atoms with Crippen molar-refractivity contribution in [3.63, 3.8) is 0 Å². The van der Waals surface area contributed by atoms with Gasteiger partial charge in [-0.3, -0.25) is 0 Å². The van der Waals surface area contributed by atoms with Crippen molar-refractivity contribution in [2.75, 3.05) is 12.3 Å². The molecular weight excluding hydrogens is 332 g/mol. The van der Waals surface area contributed by atoms with Crippen molar-refractivity contribution in [2.24, 2.45) is 0 Å². The Hall–Kier alpha value is -2.08. The zero-order valence-electron chi connectivity index (χ0n) is 13.2. The molecule has 0 unspecified atom stereocenters. The Morgan fingerprint density at radius 2 is 1.84 bits per heavy atom. The Kier molecular flexibility index (Phi) is 5.27. The van der Waals surface area contributed by atoms with Crippen LogP contribution < -0.4 is 5.73 Å². The van der Waals surface area contributed by atoms with E-state index in [-0.39, 0.29) is 6.61 Å². The predicted molar refractivity (Wildman–Crippen MR) is 84.3 cm³/mol. The fourth-order valence-corrected chi connectivity index (χ4v) is 2.49. The maximum absolute atomic E-state index is 9.91. The number of ether oxygens (including phenoxy) is 2. The molecule has 1 aromatic carbocycles. The number of aliphatic hydroxyl groups is 4. The number of hydrogen-bond donors (Lipinski definition) is 5. The molecule has 0 radical (unpaired) electrons. The van der Waals surface area contributed by atoms with Crippen molar-refractivity contribution in [3.05, 3.63) is 36.2 Å². The molecule has 0 saturated carbocycles. The molecule has 3 rings (SSSR count). The van der Waals surface area contributed by atoms with Crippen LogP contribution in [0.3, 0.4) is 0 Å². The van der Waals surface area contributed by atoms with Crippen LogP contribution in [-0.4, -0.2) is 72.7 Å². The summed E-state index contributed by atoms with van der Waals surface area (Å²) in [4.78, 5) is 0. The van der Waals surface area contributed by atoms with Gasteiger partial charge in [-0.2, -0.15) is 0 Å². The van der Waals surface area contributed by atoms with E-state index < -0.39 is 37.3 Å². The number of nitrogen functional groups attached to an aromatic ring is 1. The lowest BCUT2D eigenvalue weighted by atomic mass is 9.99. The summed E-state index contributed by atoms with van der Waals surface area (Å²) in [5.41, 5.74) is 7.50. The second kappa shape index (κ2) is 7.44. The van der Waals surface area contributed by atoms with Gasteiger partial charge < -0.3 is 35.6 Å². The van der Waals surface area contributed by atoms with Crippen molar-refractivity contribution < 1.29 is 29.9 Å². The van der Waals surface area contributed by atoms with Crippen LogP contribution in [0, 0.1) is 0 Å². The molecular formula is C15H20N4O6. The molecule has 2 heterocycles. The van der Waals surface area contributed by atoms with E-state index in [1.54, 1.807) is 30.5 Å². The number of rotatable bonds is 5. The first-order valence-electron chi connectivity index (χ1n) is 7.69. The summed E-state index contributed by atoms with van der Waals surface area (Å²) in [6.45, 7) is -0.560. The van der Waals surface area contributed by atoms with Crippen molar-refractivity contribution in [2.45, 2.75) is 37.3 Å². The molecule has 0 spiro atoms. The minimum absolute atomic E-state index is 0.0440. The van der Waals surface area contributed by atoms with E-state index in [9.17, 15) is 15.3 Å². The summed E-state index contributed by atoms with van der Waals surface area (Å²) in [5.74, 6) is 0. The second-order valence-corrected chi connectivity index (χ2v) is 5.75. The molecule has 5 atom stereocenters. The van der Waals surface area contributed by atoms with E-state index in [0.29, 0.717) is 11.4 Å². The first-order chi connectivity index (χ1) is 12.0. The third-order valence-corrected chi connectivity index (χ3v) is 3.94. The average Bonchev–Trinajstić information content (AvgIpc) is 3.09. The Morgan fingerprint density at radius 1 is 1.12 bits per heavy atom. The molecule has 10 heteroatoms. The van der Waals surface area contributed by atoms with Crippen LogP contribution in [0.5, 0.6) is 0 Å². The maximum Gasteiger partial charge on any atom is 0.187 e. The molecule has 0 bridgehead atoms. The zero-order valence-corrected chi connectivity index (χ0v) is 13.2. The number of benzene rings is 1. The number of anilines is 1. The maximum atomic E-state index is 9.91. The van der Waals surface area contributed by atoms with Gasteiger partial charge in [0.25, 0.3) is 0 Å². The Morgan fingerprint density at radius 3 is 2.52 bits per heavy atom. The highest BCUT2D eigenvalue weighted by molar-refractivity contribution is 5.44. The molecule has 0 amide bonds. The van der Waals surface area contributed by atoms with E-state index in [1.807, 2.05) is 0 Å². The average molecular weight is 352 g/mol. The summed E-state index contributed by atoms with van der Waals surface area (Å²) in [6.07, 6.45) is -4.96. The van der Waals surface area contributed by atoms with Gasteiger partial charge in [-0.1, -0.05) is 5.21 Å². The normalized spacial score (nSPS) is 29.7. The van der Waals surface area contributed by atoms with Crippen molar-refractivity contribution in [1.29, 1.82) is 0 Å². The van der Waals surface area contributed by atoms with Crippen LogP contribution >= 0.6 is 0 Å². The Bertz CT molecular complexity index is 692. The molecule has 136 valence electrons. The molecule has 1 fully saturated rings. The van der Waals surface area contributed by atoms with E-state index in [4.69, 9.17) is 20.3 Å². The highest BCUT2D eigenvalue weighted by Gasteiger charge is 2.44. The van der Waals surface area contributed by atoms with Crippen LogP contribution in [0.25, 0.3) is 5.69 Å². The van der Waals surface area contributed by atoms with Crippen LogP contribution in [-0.2, 0) is 16.1 Å². The highest BCUT2D eigenvalue weighted by atomic mass is 16.7. The Balaban J connectivity index is 1.63. The molecule has 10 nitrogen and oxygen atoms in total. The molecule has 25 heavy (non-hydrogen) atoms. The number of aromatic nitrogens is 3. The first kappa shape index (κ1) is 17.7. The molecule has 2 aromatic rings. The van der Waals surface area contributed by atoms with Gasteiger partial charge in [0.15, 0.2) is 6.29 Å². The van der Waals surface area contributed by atoms with Crippen LogP contribution in [0.15, 0.2) is 30.5 Å². The molecule has 1 aliphatic rings. The lowest BCUT2D eigenvalue weighted by Crippen LogP contribution is -2.59. The fourth-order valence-electron chi connectivity index (χ4n) is 2.49. The number of hydrogen-bond acceptors (Lipinski definition) is 9. The summed E-state index contributed by atoms with van der Waals surface area (Å²) in [7, 11) is 0. The number of aliphatic hydroxyl groups excluding tert-OH is 4. The molecule has 6 N–H and O–H groups in total. The standard InChI is InChI=1S/C15H20N4O6/c16-8-1-3-10(4-2-8)19-5-9(17-18-19)7-24-15-14(23)13(22)12(21)11(6-20)25-15/h1-5,11-15,20-23H,6-7,16H2/t11-,12-,13+,14+,15+/m1/s1. The number of nitrogens with zero attached hydrogens (tertiary/aromatic N) is 3. The van der Waals surface area contributed by atoms with Crippen LogP contribution in [0.2, 0.25) is 0 Å². The van der Waals surface area contributed by atoms with Gasteiger partial charge in [-0.25, -0.2) is 4.68 Å². The number of nitrogens with two attached hydrogens (primary N) is 1. The minimum Gasteiger partial charge on any atom is -0.399 e. The first-order valence-corrected chi connectivity index (χ1v) is 7.69. The van der Waals surface area contributed by atoms with E-state index in [2.05, 4.69) is 10.3 Å². The molecule has 1 saturated heterocycles. The SMILES string of the molecule is Nc1ccc(-n2cc(CO[C@H]3O[C@H](CO)[C@@H](O)[C@H](O)[C@@H]3O)nn2)cc1. The smallest absolute Gasteiger partial charge is 0.187 e. The van der Waals surface area contributed by atoms with Gasteiger partial charge in [0.2, 0.25) is 0 Å². The third kappa shape index (κ3) is 3.79. The van der Waals surface area contributed by atoms with Gasteiger partial charge in [-0.05, 0) is 24.3 Å². The highest BCUT2D eigenvalue weighted by Crippen LogP contribution is 2.22. The summed E-state index contributed by atoms with van der Waals surface area (Å²) >= 11 is 0. The van der Waals surface area contributed by atoms with Gasteiger partial charge in [0.1, 0.15) is 30.1 Å².